The molecule has 3 saturated carbocycles. The molecule has 13 heteroatoms. The van der Waals surface area contributed by atoms with Gasteiger partial charge < -0.3 is 25.2 Å². The number of aliphatic hydroxyl groups excluding tert-OH is 2. The quantitative estimate of drug-likeness (QED) is 0.222. The molecule has 0 heterocycles. The van der Waals surface area contributed by atoms with Crippen LogP contribution in [0.15, 0.2) is 53.0 Å². The number of carbonyl (C=O) groups excluding carboxylic acids is 3. The number of carboxylic acids is 1. The van der Waals surface area contributed by atoms with Gasteiger partial charge in [-0.25, -0.2) is 4.39 Å². The maximum atomic E-state index is 16.9. The Kier molecular flexibility index (Phi) is 9.61. The number of carboxylic acid groups (broad SMARTS) is 1. The van der Waals surface area contributed by atoms with Gasteiger partial charge in [0.15, 0.2) is 17.2 Å². The first-order valence-corrected chi connectivity index (χ1v) is 14.8. The summed E-state index contributed by atoms with van der Waals surface area (Å²) in [5.74, 6) is -3.61. The van der Waals surface area contributed by atoms with Gasteiger partial charge in [0.25, 0.3) is 10.1 Å². The van der Waals surface area contributed by atoms with Crippen molar-refractivity contribution >= 4 is 27.7 Å². The predicted octanol–water partition coefficient (Wildman–Crippen LogP) is -1.80. The first kappa shape index (κ1) is 34.7. The van der Waals surface area contributed by atoms with Crippen LogP contribution in [-0.2, 0) is 19.7 Å². The Morgan fingerprint density at radius 3 is 2.40 bits per heavy atom. The zero-order valence-corrected chi connectivity index (χ0v) is 26.7. The minimum absolute atomic E-state index is 0. The van der Waals surface area contributed by atoms with Crippen molar-refractivity contribution in [3.05, 3.63) is 53.6 Å². The van der Waals surface area contributed by atoms with Crippen LogP contribution >= 0.6 is 0 Å². The molecule has 4 aliphatic rings. The first-order chi connectivity index (χ1) is 18.9. The standard InChI is InChI=1S/C22H29FO5.C7H6O5S.Na/c1-12-8-16-15-5-4-13-9-14(25)6-7-19(13,2)21(15,23)17(26)10-20(16,3)22(12,28)18(27)11-24;8-7(9)5-2-1-3-6(4-5)13(10,11)12;/h6-7,9,12,15-17,24,26,28H,4-5,8,10-11H2,1-3H3;1-4H,(H,8,9)(H,10,11,12);/q;;+1/p-1/t12-,15-,16?,17+,19+,20+,21+,22+;;/m1../s1. The zero-order valence-electron chi connectivity index (χ0n) is 23.9. The van der Waals surface area contributed by atoms with Gasteiger partial charge in [-0.15, -0.1) is 0 Å². The van der Waals surface area contributed by atoms with Crippen LogP contribution in [0, 0.1) is 28.6 Å². The summed E-state index contributed by atoms with van der Waals surface area (Å²) in [5.41, 5.74) is -5.47. The fraction of sp³-hybridized carbons (Fsp3) is 0.552. The topological polar surface area (TPSA) is 189 Å². The predicted molar refractivity (Wildman–Crippen MR) is 141 cm³/mol. The van der Waals surface area contributed by atoms with Gasteiger partial charge in [-0.05, 0) is 74.3 Å². The van der Waals surface area contributed by atoms with E-state index in [4.69, 9.17) is 4.55 Å². The number of aliphatic hydroxyl groups is 3. The van der Waals surface area contributed by atoms with Crippen LogP contribution in [-0.4, -0.2) is 69.8 Å². The normalized spacial score (nSPS) is 38.5. The second-order valence-corrected chi connectivity index (χ2v) is 13.5. The van der Waals surface area contributed by atoms with E-state index in [1.165, 1.54) is 24.3 Å². The number of hydrogen-bond donors (Lipinski definition) is 4. The van der Waals surface area contributed by atoms with Gasteiger partial charge in [0.2, 0.25) is 0 Å². The Labute approximate surface area is 265 Å². The van der Waals surface area contributed by atoms with Gasteiger partial charge in [-0.2, -0.15) is 8.42 Å². The van der Waals surface area contributed by atoms with E-state index in [1.54, 1.807) is 26.8 Å². The first-order valence-electron chi connectivity index (χ1n) is 13.3. The molecule has 4 N–H and O–H groups in total. The number of carbonyl (C=O) groups is 3. The maximum Gasteiger partial charge on any atom is 1.00 e. The van der Waals surface area contributed by atoms with E-state index < -0.39 is 73.4 Å². The fourth-order valence-corrected chi connectivity index (χ4v) is 8.57. The van der Waals surface area contributed by atoms with Gasteiger partial charge in [-0.1, -0.05) is 37.6 Å². The van der Waals surface area contributed by atoms with Crippen LogP contribution in [0.3, 0.4) is 0 Å². The van der Waals surface area contributed by atoms with Crippen molar-refractivity contribution in [3.63, 3.8) is 0 Å². The average Bonchev–Trinajstić information content (AvgIpc) is 3.10. The van der Waals surface area contributed by atoms with Crippen molar-refractivity contribution < 1.29 is 81.7 Å². The second kappa shape index (κ2) is 11.6. The number of allylic oxidation sites excluding steroid dienone is 4. The molecule has 1 aromatic rings. The van der Waals surface area contributed by atoms with Crippen LogP contribution in [0.2, 0.25) is 0 Å². The van der Waals surface area contributed by atoms with E-state index in [2.05, 4.69) is 0 Å². The number of fused-ring (bicyclic) bond motifs is 5. The Balaban J connectivity index is 0.000000293. The summed E-state index contributed by atoms with van der Waals surface area (Å²) in [6.07, 6.45) is 4.44. The molecule has 0 aliphatic heterocycles. The fourth-order valence-electron chi connectivity index (χ4n) is 8.04. The van der Waals surface area contributed by atoms with Crippen molar-refractivity contribution in [3.8, 4) is 0 Å². The number of alkyl halides is 1. The van der Waals surface area contributed by atoms with E-state index >= 15 is 4.39 Å². The van der Waals surface area contributed by atoms with Crippen molar-refractivity contribution in [2.45, 2.75) is 68.7 Å². The molecule has 0 bridgehead atoms. The summed E-state index contributed by atoms with van der Waals surface area (Å²) in [7, 11) is -4.35. The molecule has 224 valence electrons. The summed E-state index contributed by atoms with van der Waals surface area (Å²) < 4.78 is 46.5. The molecule has 8 atom stereocenters. The van der Waals surface area contributed by atoms with Crippen molar-refractivity contribution in [1.82, 2.24) is 0 Å². The van der Waals surface area contributed by atoms with E-state index in [9.17, 15) is 43.2 Å². The third-order valence-corrected chi connectivity index (χ3v) is 11.0. The summed E-state index contributed by atoms with van der Waals surface area (Å²) >= 11 is 0. The van der Waals surface area contributed by atoms with Gasteiger partial charge in [0.05, 0.1) is 17.0 Å². The number of rotatable bonds is 4. The molecule has 1 aromatic carbocycles. The minimum atomic E-state index is -4.35. The number of benzene rings is 1. The smallest absolute Gasteiger partial charge is 0.545 e. The van der Waals surface area contributed by atoms with Crippen LogP contribution in [0.25, 0.3) is 0 Å². The molecular weight excluding hydrogens is 582 g/mol. The van der Waals surface area contributed by atoms with Crippen molar-refractivity contribution in [2.75, 3.05) is 6.61 Å². The monoisotopic (exact) mass is 616 g/mol. The van der Waals surface area contributed by atoms with E-state index in [0.29, 0.717) is 24.8 Å². The number of hydrogen-bond acceptors (Lipinski definition) is 9. The zero-order chi connectivity index (χ0) is 30.8. The summed E-state index contributed by atoms with van der Waals surface area (Å²) in [4.78, 5) is 34.2. The molecule has 0 saturated heterocycles. The van der Waals surface area contributed by atoms with E-state index in [0.717, 1.165) is 12.1 Å². The SMILES string of the molecule is C[C@@H]1CC2[C@H]3CCC4=CC(=O)C=C[C@]4(C)[C@@]3(F)[C@@H](O)C[C@]2(C)[C@@]1(O)C(=O)CO.O=C([O-])c1cccc(S(=O)(=O)O)c1.[Na+]. The molecule has 4 aliphatic carbocycles. The molecule has 10 nitrogen and oxygen atoms in total. The average molecular weight is 617 g/mol. The van der Waals surface area contributed by atoms with Crippen molar-refractivity contribution in [1.29, 1.82) is 0 Å². The van der Waals surface area contributed by atoms with Crippen LogP contribution < -0.4 is 34.7 Å². The molecular formula is C29H34FNaO10S. The molecule has 0 radical (unpaired) electrons. The molecule has 0 aromatic heterocycles. The Morgan fingerprint density at radius 1 is 1.19 bits per heavy atom. The maximum absolute atomic E-state index is 16.9. The summed E-state index contributed by atoms with van der Waals surface area (Å²) in [6.45, 7) is 4.48. The third kappa shape index (κ3) is 5.07. The van der Waals surface area contributed by atoms with E-state index in [1.807, 2.05) is 0 Å². The van der Waals surface area contributed by atoms with Gasteiger partial charge in [0, 0.05) is 16.7 Å². The molecule has 5 rings (SSSR count). The van der Waals surface area contributed by atoms with Crippen molar-refractivity contribution in [2.24, 2.45) is 28.6 Å². The third-order valence-electron chi connectivity index (χ3n) is 10.2. The van der Waals surface area contributed by atoms with Gasteiger partial charge in [-0.3, -0.25) is 14.1 Å². The number of aromatic carboxylic acids is 1. The minimum Gasteiger partial charge on any atom is -0.545 e. The van der Waals surface area contributed by atoms with Gasteiger partial charge >= 0.3 is 29.6 Å². The number of halogens is 1. The van der Waals surface area contributed by atoms with E-state index in [-0.39, 0.29) is 53.2 Å². The largest absolute Gasteiger partial charge is 1.00 e. The summed E-state index contributed by atoms with van der Waals surface area (Å²) in [6, 6.07) is 4.28. The van der Waals surface area contributed by atoms with Crippen LogP contribution in [0.4, 0.5) is 4.39 Å². The second-order valence-electron chi connectivity index (χ2n) is 12.0. The Bertz CT molecular complexity index is 1460. The van der Waals surface area contributed by atoms with Crippen LogP contribution in [0.5, 0.6) is 0 Å². The molecule has 3 fully saturated rings. The summed E-state index contributed by atoms with van der Waals surface area (Å²) in [5, 5.41) is 42.3. The molecule has 0 amide bonds. The Morgan fingerprint density at radius 2 is 1.83 bits per heavy atom. The van der Waals surface area contributed by atoms with Gasteiger partial charge in [0.1, 0.15) is 12.2 Å². The molecule has 42 heavy (non-hydrogen) atoms. The molecule has 0 spiro atoms. The Hall–Kier alpha value is -1.77. The van der Waals surface area contributed by atoms with Crippen LogP contribution in [0.1, 0.15) is 56.8 Å². The molecule has 1 unspecified atom stereocenters. The number of ketones is 2. The number of Topliss-reactive ketones (excluding diaryl/α,β-unsaturated/α-hetero) is 1.